The molecule has 0 aromatic carbocycles. The Kier molecular flexibility index (Phi) is 4.35. The highest BCUT2D eigenvalue weighted by atomic mass is 16.5. The van der Waals surface area contributed by atoms with Gasteiger partial charge in [-0.2, -0.15) is 0 Å². The first-order valence-corrected chi connectivity index (χ1v) is 6.80. The molecule has 0 saturated heterocycles. The molecule has 0 atom stereocenters. The van der Waals surface area contributed by atoms with Crippen LogP contribution in [-0.4, -0.2) is 27.7 Å². The molecule has 5 heteroatoms. The van der Waals surface area contributed by atoms with E-state index in [2.05, 4.69) is 24.2 Å². The van der Waals surface area contributed by atoms with Crippen LogP contribution in [0.25, 0.3) is 0 Å². The van der Waals surface area contributed by atoms with E-state index >= 15 is 0 Å². The Hall–Kier alpha value is -0.940. The monoisotopic (exact) mass is 252 g/mol. The van der Waals surface area contributed by atoms with Gasteiger partial charge in [0.1, 0.15) is 0 Å². The third-order valence-electron chi connectivity index (χ3n) is 3.76. The van der Waals surface area contributed by atoms with Crippen molar-refractivity contribution in [3.05, 3.63) is 11.9 Å². The summed E-state index contributed by atoms with van der Waals surface area (Å²) in [5.41, 5.74) is 6.82. The molecule has 0 bridgehead atoms. The number of aromatic nitrogens is 3. The lowest BCUT2D eigenvalue weighted by Crippen LogP contribution is -2.27. The molecular formula is C13H24N4O. The maximum Gasteiger partial charge on any atom is 0.0962 e. The van der Waals surface area contributed by atoms with Gasteiger partial charge in [-0.25, -0.2) is 4.68 Å². The molecule has 1 heterocycles. The van der Waals surface area contributed by atoms with Crippen molar-refractivity contribution in [3.8, 4) is 0 Å². The molecule has 0 unspecified atom stereocenters. The standard InChI is InChI=1S/C13H24N4O/c1-13(2)5-3-12(4-6-13)18-8-7-17-10-11(9-14)15-16-17/h10,12H,3-9,14H2,1-2H3. The van der Waals surface area contributed by atoms with E-state index in [9.17, 15) is 0 Å². The minimum absolute atomic E-state index is 0.426. The van der Waals surface area contributed by atoms with Crippen LogP contribution in [0.15, 0.2) is 6.20 Å². The predicted molar refractivity (Wildman–Crippen MR) is 69.9 cm³/mol. The molecular weight excluding hydrogens is 228 g/mol. The smallest absolute Gasteiger partial charge is 0.0962 e. The molecule has 1 saturated carbocycles. The van der Waals surface area contributed by atoms with Crippen LogP contribution in [0.3, 0.4) is 0 Å². The first-order chi connectivity index (χ1) is 8.59. The second-order valence-electron chi connectivity index (χ2n) is 5.91. The van der Waals surface area contributed by atoms with Gasteiger partial charge in [0.25, 0.3) is 0 Å². The quantitative estimate of drug-likeness (QED) is 0.866. The highest BCUT2D eigenvalue weighted by molar-refractivity contribution is 4.90. The summed E-state index contributed by atoms with van der Waals surface area (Å²) in [5.74, 6) is 0. The summed E-state index contributed by atoms with van der Waals surface area (Å²) < 4.78 is 7.70. The Labute approximate surface area is 109 Å². The molecule has 102 valence electrons. The zero-order valence-corrected chi connectivity index (χ0v) is 11.4. The van der Waals surface area contributed by atoms with E-state index in [1.165, 1.54) is 25.7 Å². The summed E-state index contributed by atoms with van der Waals surface area (Å²) in [6.45, 7) is 6.59. The number of hydrogen-bond acceptors (Lipinski definition) is 4. The van der Waals surface area contributed by atoms with E-state index in [1.807, 2.05) is 6.20 Å². The van der Waals surface area contributed by atoms with Crippen molar-refractivity contribution >= 4 is 0 Å². The lowest BCUT2D eigenvalue weighted by Gasteiger charge is -2.34. The molecule has 0 spiro atoms. The molecule has 1 aromatic heterocycles. The SMILES string of the molecule is CC1(C)CCC(OCCn2cc(CN)nn2)CC1. The van der Waals surface area contributed by atoms with Gasteiger partial charge in [-0.15, -0.1) is 5.10 Å². The maximum absolute atomic E-state index is 5.90. The average molecular weight is 252 g/mol. The van der Waals surface area contributed by atoms with Crippen molar-refractivity contribution < 1.29 is 4.74 Å². The number of rotatable bonds is 5. The fourth-order valence-electron chi connectivity index (χ4n) is 2.39. The third kappa shape index (κ3) is 3.78. The van der Waals surface area contributed by atoms with Gasteiger partial charge < -0.3 is 10.5 Å². The van der Waals surface area contributed by atoms with Crippen molar-refractivity contribution in [2.75, 3.05) is 6.61 Å². The summed E-state index contributed by atoms with van der Waals surface area (Å²) in [5, 5.41) is 7.95. The maximum atomic E-state index is 5.90. The average Bonchev–Trinajstić information content (AvgIpc) is 2.79. The minimum Gasteiger partial charge on any atom is -0.376 e. The lowest BCUT2D eigenvalue weighted by atomic mass is 9.76. The molecule has 1 aromatic rings. The lowest BCUT2D eigenvalue weighted by molar-refractivity contribution is -0.0000931. The number of ether oxygens (including phenoxy) is 1. The van der Waals surface area contributed by atoms with E-state index in [0.717, 1.165) is 12.2 Å². The molecule has 5 nitrogen and oxygen atoms in total. The van der Waals surface area contributed by atoms with Crippen LogP contribution in [-0.2, 0) is 17.8 Å². The Morgan fingerprint density at radius 2 is 2.17 bits per heavy atom. The van der Waals surface area contributed by atoms with Crippen LogP contribution >= 0.6 is 0 Å². The van der Waals surface area contributed by atoms with E-state index in [1.54, 1.807) is 4.68 Å². The Morgan fingerprint density at radius 1 is 1.44 bits per heavy atom. The van der Waals surface area contributed by atoms with Gasteiger partial charge >= 0.3 is 0 Å². The summed E-state index contributed by atoms with van der Waals surface area (Å²) in [4.78, 5) is 0. The van der Waals surface area contributed by atoms with Crippen LogP contribution in [0.1, 0.15) is 45.2 Å². The highest BCUT2D eigenvalue weighted by Crippen LogP contribution is 2.36. The van der Waals surface area contributed by atoms with Crippen LogP contribution in [0.4, 0.5) is 0 Å². The first kappa shape index (κ1) is 13.5. The van der Waals surface area contributed by atoms with Crippen molar-refractivity contribution in [1.82, 2.24) is 15.0 Å². The zero-order valence-electron chi connectivity index (χ0n) is 11.4. The van der Waals surface area contributed by atoms with Crippen LogP contribution in [0.5, 0.6) is 0 Å². The number of nitrogens with zero attached hydrogens (tertiary/aromatic N) is 3. The van der Waals surface area contributed by atoms with E-state index in [-0.39, 0.29) is 0 Å². The van der Waals surface area contributed by atoms with Crippen molar-refractivity contribution in [3.63, 3.8) is 0 Å². The Balaban J connectivity index is 1.67. The summed E-state index contributed by atoms with van der Waals surface area (Å²) >= 11 is 0. The fraction of sp³-hybridized carbons (Fsp3) is 0.846. The molecule has 0 amide bonds. The van der Waals surface area contributed by atoms with E-state index in [0.29, 0.717) is 24.7 Å². The van der Waals surface area contributed by atoms with Crippen LogP contribution in [0.2, 0.25) is 0 Å². The van der Waals surface area contributed by atoms with Gasteiger partial charge in [0.15, 0.2) is 0 Å². The summed E-state index contributed by atoms with van der Waals surface area (Å²) in [7, 11) is 0. The molecule has 0 radical (unpaired) electrons. The number of hydrogen-bond donors (Lipinski definition) is 1. The molecule has 1 fully saturated rings. The first-order valence-electron chi connectivity index (χ1n) is 6.80. The van der Waals surface area contributed by atoms with Crippen LogP contribution in [0, 0.1) is 5.41 Å². The van der Waals surface area contributed by atoms with Crippen molar-refractivity contribution in [2.24, 2.45) is 11.1 Å². The van der Waals surface area contributed by atoms with Gasteiger partial charge in [0.05, 0.1) is 24.9 Å². The van der Waals surface area contributed by atoms with Gasteiger partial charge in [0.2, 0.25) is 0 Å². The second kappa shape index (κ2) is 5.80. The molecule has 18 heavy (non-hydrogen) atoms. The van der Waals surface area contributed by atoms with Crippen molar-refractivity contribution in [2.45, 2.75) is 58.7 Å². The largest absolute Gasteiger partial charge is 0.376 e. The van der Waals surface area contributed by atoms with E-state index < -0.39 is 0 Å². The van der Waals surface area contributed by atoms with Gasteiger partial charge in [-0.1, -0.05) is 19.1 Å². The molecule has 2 rings (SSSR count). The minimum atomic E-state index is 0.426. The predicted octanol–water partition coefficient (Wildman–Crippen LogP) is 1.72. The Bertz CT molecular complexity index is 365. The zero-order chi connectivity index (χ0) is 13.0. The van der Waals surface area contributed by atoms with Gasteiger partial charge in [-0.05, 0) is 31.1 Å². The highest BCUT2D eigenvalue weighted by Gasteiger charge is 2.26. The number of nitrogens with two attached hydrogens (primary N) is 1. The normalized spacial score (nSPS) is 20.2. The third-order valence-corrected chi connectivity index (χ3v) is 3.76. The molecule has 1 aliphatic carbocycles. The second-order valence-corrected chi connectivity index (χ2v) is 5.91. The summed E-state index contributed by atoms with van der Waals surface area (Å²) in [6, 6.07) is 0. The molecule has 2 N–H and O–H groups in total. The van der Waals surface area contributed by atoms with Crippen molar-refractivity contribution in [1.29, 1.82) is 0 Å². The van der Waals surface area contributed by atoms with Gasteiger partial charge in [-0.3, -0.25) is 0 Å². The van der Waals surface area contributed by atoms with Gasteiger partial charge in [0, 0.05) is 12.7 Å². The topological polar surface area (TPSA) is 66.0 Å². The Morgan fingerprint density at radius 3 is 2.78 bits per heavy atom. The van der Waals surface area contributed by atoms with E-state index in [4.69, 9.17) is 10.5 Å². The van der Waals surface area contributed by atoms with Crippen LogP contribution < -0.4 is 5.73 Å². The fourth-order valence-corrected chi connectivity index (χ4v) is 2.39. The molecule has 1 aliphatic rings. The molecule has 0 aliphatic heterocycles. The summed E-state index contributed by atoms with van der Waals surface area (Å²) in [6.07, 6.45) is 7.19.